The van der Waals surface area contributed by atoms with Crippen molar-refractivity contribution in [1.29, 1.82) is 0 Å². The second-order valence-electron chi connectivity index (χ2n) is 13.1. The highest BCUT2D eigenvalue weighted by Crippen LogP contribution is 2.43. The standard InChI is InChI=1S/C34H37F2N5O4/c1-3-23-26(35)6-5-21-13-22(42)14-24(27(21)23)29-28(36)30-25(16-37-29)31(40-10-8-34(18-40)44-11-12-45-34)39-32(38-30)43-19-33-7-4-9-41(33)17-20(2)15-33/h5-6,13-14,16,20,42H,3-4,7-12,15,17-19H2,1-2H3/t20-,33+/m1/s1. The number of pyridine rings is 1. The summed E-state index contributed by atoms with van der Waals surface area (Å²) in [6.45, 7) is 8.73. The van der Waals surface area contributed by atoms with Gasteiger partial charge in [0.2, 0.25) is 0 Å². The first-order valence-electron chi connectivity index (χ1n) is 16.0. The fraction of sp³-hybridized carbons (Fsp3) is 0.500. The number of halogens is 2. The average molecular weight is 618 g/mol. The maximum atomic E-state index is 16.8. The van der Waals surface area contributed by atoms with Gasteiger partial charge < -0.3 is 24.2 Å². The molecule has 1 spiro atoms. The topological polar surface area (TPSA) is 93.1 Å². The summed E-state index contributed by atoms with van der Waals surface area (Å²) in [5.41, 5.74) is 0.702. The van der Waals surface area contributed by atoms with Crippen LogP contribution in [0.5, 0.6) is 11.8 Å². The van der Waals surface area contributed by atoms with Crippen LogP contribution in [0.3, 0.4) is 0 Å². The van der Waals surface area contributed by atoms with Gasteiger partial charge in [0.1, 0.15) is 35.2 Å². The zero-order valence-electron chi connectivity index (χ0n) is 25.6. The van der Waals surface area contributed by atoms with Gasteiger partial charge in [-0.3, -0.25) is 9.88 Å². The zero-order chi connectivity index (χ0) is 30.9. The van der Waals surface area contributed by atoms with Gasteiger partial charge in [0.05, 0.1) is 30.7 Å². The SMILES string of the molecule is CCc1c(F)ccc2cc(O)cc(-c3ncc4c(N5CCC6(C5)OCCO6)nc(OC[C@@]56CCCN5C[C@H](C)C6)nc4c3F)c12. The van der Waals surface area contributed by atoms with E-state index in [1.807, 2.05) is 11.8 Å². The summed E-state index contributed by atoms with van der Waals surface area (Å²) in [7, 11) is 0. The summed E-state index contributed by atoms with van der Waals surface area (Å²) >= 11 is 0. The third-order valence-corrected chi connectivity index (χ3v) is 10.2. The van der Waals surface area contributed by atoms with Crippen LogP contribution in [-0.4, -0.2) is 82.3 Å². The first kappa shape index (κ1) is 28.8. The van der Waals surface area contributed by atoms with Crippen LogP contribution in [0.2, 0.25) is 0 Å². The summed E-state index contributed by atoms with van der Waals surface area (Å²) < 4.78 is 50.1. The first-order valence-corrected chi connectivity index (χ1v) is 16.0. The number of fused-ring (bicyclic) bond motifs is 3. The Hall–Kier alpha value is -3.67. The molecule has 6 heterocycles. The molecular weight excluding hydrogens is 580 g/mol. The molecule has 4 aromatic rings. The van der Waals surface area contributed by atoms with E-state index in [4.69, 9.17) is 19.2 Å². The van der Waals surface area contributed by atoms with Crippen molar-refractivity contribution in [1.82, 2.24) is 19.9 Å². The molecule has 4 fully saturated rings. The molecule has 0 aliphatic carbocycles. The van der Waals surface area contributed by atoms with Crippen LogP contribution in [0.4, 0.5) is 14.6 Å². The molecule has 0 unspecified atom stereocenters. The molecule has 0 amide bonds. The Morgan fingerprint density at radius 1 is 1.11 bits per heavy atom. The molecule has 4 saturated heterocycles. The second kappa shape index (κ2) is 10.7. The smallest absolute Gasteiger partial charge is 0.319 e. The lowest BCUT2D eigenvalue weighted by Crippen LogP contribution is -2.43. The summed E-state index contributed by atoms with van der Waals surface area (Å²) in [5.74, 6) is -0.768. The molecule has 11 heteroatoms. The van der Waals surface area contributed by atoms with E-state index in [0.29, 0.717) is 84.8 Å². The minimum Gasteiger partial charge on any atom is -0.508 e. The Labute approximate surface area is 260 Å². The minimum absolute atomic E-state index is 0.0233. The molecule has 9 nitrogen and oxygen atoms in total. The van der Waals surface area contributed by atoms with Crippen molar-refractivity contribution in [3.05, 3.63) is 47.7 Å². The van der Waals surface area contributed by atoms with Gasteiger partial charge in [-0.05, 0) is 72.7 Å². The summed E-state index contributed by atoms with van der Waals surface area (Å²) in [5, 5.41) is 12.1. The van der Waals surface area contributed by atoms with Crippen LogP contribution in [0, 0.1) is 17.6 Å². The summed E-state index contributed by atoms with van der Waals surface area (Å²) in [6.07, 6.45) is 5.81. The lowest BCUT2D eigenvalue weighted by Gasteiger charge is -2.31. The lowest BCUT2D eigenvalue weighted by atomic mass is 9.92. The van der Waals surface area contributed by atoms with Gasteiger partial charge >= 0.3 is 6.01 Å². The summed E-state index contributed by atoms with van der Waals surface area (Å²) in [6, 6.07) is 6.04. The van der Waals surface area contributed by atoms with E-state index in [1.54, 1.807) is 18.3 Å². The van der Waals surface area contributed by atoms with Crippen molar-refractivity contribution in [2.75, 3.05) is 50.9 Å². The van der Waals surface area contributed by atoms with Gasteiger partial charge in [-0.2, -0.15) is 9.97 Å². The number of rotatable bonds is 6. The number of phenols is 1. The maximum Gasteiger partial charge on any atom is 0.319 e. The van der Waals surface area contributed by atoms with E-state index in [1.165, 1.54) is 12.1 Å². The van der Waals surface area contributed by atoms with Gasteiger partial charge in [0.25, 0.3) is 0 Å². The van der Waals surface area contributed by atoms with E-state index in [9.17, 15) is 9.50 Å². The lowest BCUT2D eigenvalue weighted by molar-refractivity contribution is -0.137. The molecule has 2 aromatic carbocycles. The van der Waals surface area contributed by atoms with Crippen molar-refractivity contribution in [3.8, 4) is 23.0 Å². The molecule has 0 saturated carbocycles. The molecule has 2 aromatic heterocycles. The summed E-state index contributed by atoms with van der Waals surface area (Å²) in [4.78, 5) is 18.6. The highest BCUT2D eigenvalue weighted by molar-refractivity contribution is 6.01. The van der Waals surface area contributed by atoms with E-state index in [0.717, 1.165) is 32.4 Å². The average Bonchev–Trinajstić information content (AvgIpc) is 3.81. The van der Waals surface area contributed by atoms with E-state index >= 15 is 4.39 Å². The predicted octanol–water partition coefficient (Wildman–Crippen LogP) is 5.60. The van der Waals surface area contributed by atoms with E-state index in [2.05, 4.69) is 21.8 Å². The van der Waals surface area contributed by atoms with Gasteiger partial charge in [-0.25, -0.2) is 8.78 Å². The molecule has 1 N–H and O–H groups in total. The molecular formula is C34H37F2N5O4. The third-order valence-electron chi connectivity index (χ3n) is 10.2. The maximum absolute atomic E-state index is 16.8. The van der Waals surface area contributed by atoms with Crippen LogP contribution >= 0.6 is 0 Å². The number of aryl methyl sites for hydroxylation is 1. The van der Waals surface area contributed by atoms with Gasteiger partial charge in [-0.1, -0.05) is 19.9 Å². The monoisotopic (exact) mass is 617 g/mol. The largest absolute Gasteiger partial charge is 0.508 e. The Morgan fingerprint density at radius 3 is 2.78 bits per heavy atom. The fourth-order valence-electron chi connectivity index (χ4n) is 8.24. The molecule has 4 aliphatic heterocycles. The minimum atomic E-state index is -0.714. The molecule has 4 aliphatic rings. The van der Waals surface area contributed by atoms with Crippen molar-refractivity contribution in [3.63, 3.8) is 0 Å². The number of hydrogen-bond acceptors (Lipinski definition) is 9. The number of anilines is 1. The number of benzene rings is 2. The normalized spacial score (nSPS) is 24.4. The molecule has 0 radical (unpaired) electrons. The second-order valence-corrected chi connectivity index (χ2v) is 13.1. The third kappa shape index (κ3) is 4.70. The Bertz CT molecular complexity index is 1820. The first-order chi connectivity index (χ1) is 21.8. The van der Waals surface area contributed by atoms with E-state index in [-0.39, 0.29) is 34.3 Å². The van der Waals surface area contributed by atoms with Crippen LogP contribution < -0.4 is 9.64 Å². The molecule has 236 valence electrons. The van der Waals surface area contributed by atoms with Gasteiger partial charge in [0, 0.05) is 31.3 Å². The van der Waals surface area contributed by atoms with E-state index < -0.39 is 11.6 Å². The van der Waals surface area contributed by atoms with Crippen LogP contribution in [0.1, 0.15) is 45.1 Å². The van der Waals surface area contributed by atoms with Crippen molar-refractivity contribution in [2.24, 2.45) is 5.92 Å². The van der Waals surface area contributed by atoms with Crippen LogP contribution in [0.15, 0.2) is 30.5 Å². The number of aromatic hydroxyl groups is 1. The Kier molecular flexibility index (Phi) is 6.85. The van der Waals surface area contributed by atoms with Crippen molar-refractivity contribution < 1.29 is 28.1 Å². The molecule has 0 bridgehead atoms. The predicted molar refractivity (Wildman–Crippen MR) is 166 cm³/mol. The number of ether oxygens (including phenoxy) is 3. The van der Waals surface area contributed by atoms with Crippen LogP contribution in [-0.2, 0) is 15.9 Å². The van der Waals surface area contributed by atoms with Gasteiger partial charge in [-0.15, -0.1) is 0 Å². The number of aromatic nitrogens is 3. The zero-order valence-corrected chi connectivity index (χ0v) is 25.6. The number of nitrogens with zero attached hydrogens (tertiary/aromatic N) is 5. The molecule has 8 rings (SSSR count). The van der Waals surface area contributed by atoms with Crippen molar-refractivity contribution in [2.45, 2.75) is 57.3 Å². The Morgan fingerprint density at radius 2 is 1.96 bits per heavy atom. The quantitative estimate of drug-likeness (QED) is 0.297. The fourth-order valence-corrected chi connectivity index (χ4v) is 8.24. The number of phenolic OH excluding ortho intramolecular Hbond substituents is 1. The molecule has 2 atom stereocenters. The highest BCUT2D eigenvalue weighted by atomic mass is 19.1. The Balaban J connectivity index is 1.26. The van der Waals surface area contributed by atoms with Crippen LogP contribution in [0.25, 0.3) is 32.9 Å². The number of hydrogen-bond donors (Lipinski definition) is 1. The van der Waals surface area contributed by atoms with Gasteiger partial charge in [0.15, 0.2) is 11.6 Å². The molecule has 45 heavy (non-hydrogen) atoms. The van der Waals surface area contributed by atoms with Crippen molar-refractivity contribution >= 4 is 27.5 Å². The highest BCUT2D eigenvalue weighted by Gasteiger charge is 2.48.